The van der Waals surface area contributed by atoms with Gasteiger partial charge in [-0.1, -0.05) is 45.4 Å². The first-order valence-electron chi connectivity index (χ1n) is 15.0. The number of carbonyl (C=O) groups excluding carboxylic acids is 4. The number of urea groups is 1. The van der Waals surface area contributed by atoms with Crippen molar-refractivity contribution in [2.24, 2.45) is 0 Å². The molecule has 218 valence electrons. The summed E-state index contributed by atoms with van der Waals surface area (Å²) in [5.41, 5.74) is 0. The van der Waals surface area contributed by atoms with Crippen molar-refractivity contribution in [3.05, 3.63) is 0 Å². The highest BCUT2D eigenvalue weighted by atomic mass is 32.2. The number of hydrogen-bond donors (Lipinski definition) is 5. The van der Waals surface area contributed by atoms with E-state index in [9.17, 15) is 19.2 Å². The summed E-state index contributed by atoms with van der Waals surface area (Å²) in [6.07, 6.45) is 14.5. The van der Waals surface area contributed by atoms with Gasteiger partial charge in [0.2, 0.25) is 17.7 Å². The predicted molar refractivity (Wildman–Crippen MR) is 154 cm³/mol. The van der Waals surface area contributed by atoms with Gasteiger partial charge >= 0.3 is 6.03 Å². The summed E-state index contributed by atoms with van der Waals surface area (Å²) in [5.74, 6) is 1.28. The lowest BCUT2D eigenvalue weighted by molar-refractivity contribution is -0.122. The molecule has 0 saturated carbocycles. The van der Waals surface area contributed by atoms with Crippen molar-refractivity contribution in [3.63, 3.8) is 0 Å². The number of unbranched alkanes of at least 4 members (excludes halogenated alkanes) is 8. The number of amides is 5. The van der Waals surface area contributed by atoms with E-state index in [1.54, 1.807) is 0 Å². The summed E-state index contributed by atoms with van der Waals surface area (Å²) >= 11 is 1.91. The number of nitrogens with one attached hydrogen (secondary N) is 5. The van der Waals surface area contributed by atoms with E-state index in [0.717, 1.165) is 76.5 Å². The molecule has 38 heavy (non-hydrogen) atoms. The van der Waals surface area contributed by atoms with Crippen molar-refractivity contribution in [1.82, 2.24) is 26.6 Å². The molecule has 2 saturated heterocycles. The van der Waals surface area contributed by atoms with E-state index in [4.69, 9.17) is 0 Å². The predicted octanol–water partition coefficient (Wildman–Crippen LogP) is 3.76. The monoisotopic (exact) mass is 553 g/mol. The second-order valence-electron chi connectivity index (χ2n) is 10.6. The van der Waals surface area contributed by atoms with Crippen LogP contribution in [0.15, 0.2) is 0 Å². The second-order valence-corrected chi connectivity index (χ2v) is 11.9. The van der Waals surface area contributed by atoms with Crippen LogP contribution in [-0.4, -0.2) is 66.5 Å². The van der Waals surface area contributed by atoms with Crippen LogP contribution in [0.3, 0.4) is 0 Å². The zero-order chi connectivity index (χ0) is 27.4. The highest BCUT2D eigenvalue weighted by Gasteiger charge is 2.42. The van der Waals surface area contributed by atoms with Crippen molar-refractivity contribution in [1.29, 1.82) is 0 Å². The Labute approximate surface area is 233 Å². The first-order valence-corrected chi connectivity index (χ1v) is 16.0. The maximum absolute atomic E-state index is 12.0. The van der Waals surface area contributed by atoms with E-state index >= 15 is 0 Å². The van der Waals surface area contributed by atoms with Crippen LogP contribution in [0.4, 0.5) is 4.79 Å². The Morgan fingerprint density at radius 1 is 0.711 bits per heavy atom. The van der Waals surface area contributed by atoms with Gasteiger partial charge in [-0.3, -0.25) is 14.4 Å². The number of fused-ring (bicyclic) bond motifs is 1. The fourth-order valence-corrected chi connectivity index (χ4v) is 6.49. The highest BCUT2D eigenvalue weighted by Crippen LogP contribution is 2.33. The zero-order valence-electron chi connectivity index (χ0n) is 23.4. The first-order chi connectivity index (χ1) is 18.5. The fraction of sp³-hybridized carbons (Fsp3) is 0.857. The Morgan fingerprint density at radius 2 is 1.21 bits per heavy atom. The van der Waals surface area contributed by atoms with Crippen LogP contribution < -0.4 is 26.6 Å². The van der Waals surface area contributed by atoms with E-state index in [-0.39, 0.29) is 35.8 Å². The molecule has 10 heteroatoms. The zero-order valence-corrected chi connectivity index (χ0v) is 24.2. The van der Waals surface area contributed by atoms with Gasteiger partial charge in [-0.05, 0) is 44.9 Å². The lowest BCUT2D eigenvalue weighted by Crippen LogP contribution is -2.36. The molecule has 0 aromatic heterocycles. The van der Waals surface area contributed by atoms with E-state index < -0.39 is 0 Å². The summed E-state index contributed by atoms with van der Waals surface area (Å²) in [7, 11) is 0. The van der Waals surface area contributed by atoms with Crippen molar-refractivity contribution in [3.8, 4) is 0 Å². The van der Waals surface area contributed by atoms with Gasteiger partial charge in [0.1, 0.15) is 0 Å². The number of carbonyl (C=O) groups is 4. The molecule has 5 N–H and O–H groups in total. The van der Waals surface area contributed by atoms with Gasteiger partial charge in [0.05, 0.1) is 12.1 Å². The van der Waals surface area contributed by atoms with Crippen molar-refractivity contribution in [2.75, 3.05) is 25.4 Å². The normalized spacial score (nSPS) is 19.9. The highest BCUT2D eigenvalue weighted by molar-refractivity contribution is 8.00. The topological polar surface area (TPSA) is 128 Å². The Hall–Kier alpha value is -1.97. The molecule has 0 aromatic carbocycles. The summed E-state index contributed by atoms with van der Waals surface area (Å²) < 4.78 is 0. The van der Waals surface area contributed by atoms with Crippen molar-refractivity contribution < 1.29 is 19.2 Å². The molecule has 2 aliphatic rings. The fourth-order valence-electron chi connectivity index (χ4n) is 4.95. The van der Waals surface area contributed by atoms with Gasteiger partial charge in [-0.2, -0.15) is 11.8 Å². The minimum atomic E-state index is -0.0531. The van der Waals surface area contributed by atoms with Crippen LogP contribution in [0, 0.1) is 0 Å². The van der Waals surface area contributed by atoms with Crippen LogP contribution in [-0.2, 0) is 14.4 Å². The minimum Gasteiger partial charge on any atom is -0.356 e. The average molecular weight is 554 g/mol. The quantitative estimate of drug-likeness (QED) is 0.103. The Kier molecular flexibility index (Phi) is 17.0. The molecule has 3 atom stereocenters. The number of thioether (sulfide) groups is 1. The van der Waals surface area contributed by atoms with Crippen LogP contribution >= 0.6 is 11.8 Å². The lowest BCUT2D eigenvalue weighted by Gasteiger charge is -2.16. The molecule has 0 aromatic rings. The molecule has 0 aliphatic carbocycles. The molecule has 2 heterocycles. The van der Waals surface area contributed by atoms with E-state index in [2.05, 4.69) is 33.5 Å². The van der Waals surface area contributed by atoms with E-state index in [0.29, 0.717) is 37.6 Å². The standard InChI is InChI=1S/C28H51N5O4S/c1-2-3-4-11-18-29-24(34)15-7-5-12-19-30-25(35)16-8-6-13-20-31-26(36)17-10-9-14-23-27-22(21-38-23)32-28(37)33-27/h22-23,27H,2-21H2,1H3,(H,29,34)(H,30,35)(H,31,36)(H2,32,33,37). The summed E-state index contributed by atoms with van der Waals surface area (Å²) in [5, 5.41) is 15.3. The van der Waals surface area contributed by atoms with Gasteiger partial charge < -0.3 is 26.6 Å². The SMILES string of the molecule is CCCCCCNC(=O)CCCCCNC(=O)CCCCCNC(=O)CCCCC1SCC2NC(=O)NC21. The Morgan fingerprint density at radius 3 is 1.74 bits per heavy atom. The third kappa shape index (κ3) is 14.3. The number of hydrogen-bond acceptors (Lipinski definition) is 5. The molecule has 9 nitrogen and oxygen atoms in total. The van der Waals surface area contributed by atoms with Gasteiger partial charge in [-0.15, -0.1) is 0 Å². The molecule has 3 unspecified atom stereocenters. The average Bonchev–Trinajstić information content (AvgIpc) is 3.45. The molecular formula is C28H51N5O4S. The van der Waals surface area contributed by atoms with Gasteiger partial charge in [0, 0.05) is 49.9 Å². The molecule has 0 radical (unpaired) electrons. The minimum absolute atomic E-state index is 0.0531. The van der Waals surface area contributed by atoms with Gasteiger partial charge in [-0.25, -0.2) is 4.79 Å². The smallest absolute Gasteiger partial charge is 0.315 e. The van der Waals surface area contributed by atoms with Crippen LogP contribution in [0.1, 0.15) is 110 Å². The molecule has 5 amide bonds. The maximum atomic E-state index is 12.0. The molecule has 0 spiro atoms. The third-order valence-corrected chi connectivity index (χ3v) is 8.75. The summed E-state index contributed by atoms with van der Waals surface area (Å²) in [4.78, 5) is 47.2. The second kappa shape index (κ2) is 20.0. The van der Waals surface area contributed by atoms with Gasteiger partial charge in [0.25, 0.3) is 0 Å². The summed E-state index contributed by atoms with van der Waals surface area (Å²) in [6.45, 7) is 4.29. The molecule has 0 bridgehead atoms. The maximum Gasteiger partial charge on any atom is 0.315 e. The van der Waals surface area contributed by atoms with Crippen LogP contribution in [0.2, 0.25) is 0 Å². The Bertz CT molecular complexity index is 723. The molecule has 2 fully saturated rings. The first kappa shape index (κ1) is 32.2. The largest absolute Gasteiger partial charge is 0.356 e. The van der Waals surface area contributed by atoms with Crippen molar-refractivity contribution >= 4 is 35.5 Å². The van der Waals surface area contributed by atoms with Crippen molar-refractivity contribution in [2.45, 2.75) is 127 Å². The molecule has 2 rings (SSSR count). The van der Waals surface area contributed by atoms with E-state index in [1.807, 2.05) is 11.8 Å². The van der Waals surface area contributed by atoms with E-state index in [1.165, 1.54) is 19.3 Å². The molecular weight excluding hydrogens is 502 g/mol. The summed E-state index contributed by atoms with van der Waals surface area (Å²) in [6, 6.07) is 0.438. The van der Waals surface area contributed by atoms with Gasteiger partial charge in [0.15, 0.2) is 0 Å². The lowest BCUT2D eigenvalue weighted by atomic mass is 10.0. The third-order valence-electron chi connectivity index (χ3n) is 7.24. The van der Waals surface area contributed by atoms with Crippen LogP contribution in [0.5, 0.6) is 0 Å². The molecule has 2 aliphatic heterocycles. The van der Waals surface area contributed by atoms with Crippen LogP contribution in [0.25, 0.3) is 0 Å². The Balaban J connectivity index is 1.31. The number of rotatable bonds is 22.